The van der Waals surface area contributed by atoms with Gasteiger partial charge in [-0.1, -0.05) is 11.6 Å². The van der Waals surface area contributed by atoms with Crippen LogP contribution in [0.2, 0.25) is 5.02 Å². The van der Waals surface area contributed by atoms with Crippen LogP contribution in [0, 0.1) is 5.82 Å². The molecule has 1 aliphatic rings. The van der Waals surface area contributed by atoms with Crippen LogP contribution in [0.5, 0.6) is 5.75 Å². The SMILES string of the molecule is O=C(COc1ccc(N2CCCC2=O)cc1)Nc1ccc(Cl)cc1F. The summed E-state index contributed by atoms with van der Waals surface area (Å²) in [5.74, 6) is -0.499. The monoisotopic (exact) mass is 362 g/mol. The van der Waals surface area contributed by atoms with Crippen molar-refractivity contribution in [2.24, 2.45) is 0 Å². The van der Waals surface area contributed by atoms with Crippen molar-refractivity contribution in [3.05, 3.63) is 53.3 Å². The summed E-state index contributed by atoms with van der Waals surface area (Å²) < 4.78 is 19.0. The van der Waals surface area contributed by atoms with E-state index < -0.39 is 11.7 Å². The van der Waals surface area contributed by atoms with Gasteiger partial charge in [-0.15, -0.1) is 0 Å². The van der Waals surface area contributed by atoms with Crippen molar-refractivity contribution in [1.29, 1.82) is 0 Å². The number of amides is 2. The molecule has 0 bridgehead atoms. The summed E-state index contributed by atoms with van der Waals surface area (Å²) in [4.78, 5) is 25.3. The second-order valence-corrected chi connectivity index (χ2v) is 6.04. The molecule has 1 fully saturated rings. The predicted molar refractivity (Wildman–Crippen MR) is 93.6 cm³/mol. The van der Waals surface area contributed by atoms with Crippen molar-refractivity contribution in [1.82, 2.24) is 0 Å². The van der Waals surface area contributed by atoms with Gasteiger partial charge in [0.2, 0.25) is 5.91 Å². The molecule has 0 atom stereocenters. The number of nitrogens with zero attached hydrogens (tertiary/aromatic N) is 1. The van der Waals surface area contributed by atoms with Crippen LogP contribution in [0.25, 0.3) is 0 Å². The van der Waals surface area contributed by atoms with Gasteiger partial charge in [-0.2, -0.15) is 0 Å². The van der Waals surface area contributed by atoms with E-state index in [4.69, 9.17) is 16.3 Å². The fraction of sp³-hybridized carbons (Fsp3) is 0.222. The standard InChI is InChI=1S/C18H16ClFN2O3/c19-12-3-8-16(15(20)10-12)21-17(23)11-25-14-6-4-13(5-7-14)22-9-1-2-18(22)24/h3-8,10H,1-2,9,11H2,(H,21,23). The molecule has 1 N–H and O–H groups in total. The summed E-state index contributed by atoms with van der Waals surface area (Å²) in [7, 11) is 0. The maximum atomic E-state index is 13.6. The van der Waals surface area contributed by atoms with Crippen molar-refractivity contribution < 1.29 is 18.7 Å². The van der Waals surface area contributed by atoms with Crippen LogP contribution in [-0.4, -0.2) is 25.0 Å². The molecule has 2 aromatic rings. The Balaban J connectivity index is 1.54. The van der Waals surface area contributed by atoms with Gasteiger partial charge in [-0.3, -0.25) is 9.59 Å². The number of ether oxygens (including phenoxy) is 1. The number of carbonyl (C=O) groups excluding carboxylic acids is 2. The Hall–Kier alpha value is -2.60. The van der Waals surface area contributed by atoms with Crippen LogP contribution in [-0.2, 0) is 9.59 Å². The second-order valence-electron chi connectivity index (χ2n) is 5.60. The molecule has 5 nitrogen and oxygen atoms in total. The zero-order valence-electron chi connectivity index (χ0n) is 13.3. The number of hydrogen-bond acceptors (Lipinski definition) is 3. The molecule has 1 aliphatic heterocycles. The lowest BCUT2D eigenvalue weighted by molar-refractivity contribution is -0.118. The molecule has 0 aromatic heterocycles. The summed E-state index contributed by atoms with van der Waals surface area (Å²) in [6.07, 6.45) is 1.43. The fourth-order valence-electron chi connectivity index (χ4n) is 2.57. The van der Waals surface area contributed by atoms with Gasteiger partial charge in [0.05, 0.1) is 5.69 Å². The third-order valence-electron chi connectivity index (χ3n) is 3.80. The number of rotatable bonds is 5. The highest BCUT2D eigenvalue weighted by molar-refractivity contribution is 6.30. The maximum absolute atomic E-state index is 13.6. The number of benzene rings is 2. The summed E-state index contributed by atoms with van der Waals surface area (Å²) in [5, 5.41) is 2.67. The minimum absolute atomic E-state index is 0.0425. The molecular weight excluding hydrogens is 347 g/mol. The smallest absolute Gasteiger partial charge is 0.262 e. The Morgan fingerprint density at radius 3 is 2.64 bits per heavy atom. The van der Waals surface area contributed by atoms with Gasteiger partial charge in [0.25, 0.3) is 5.91 Å². The third-order valence-corrected chi connectivity index (χ3v) is 4.03. The van der Waals surface area contributed by atoms with Crippen LogP contribution >= 0.6 is 11.6 Å². The molecule has 0 spiro atoms. The van der Waals surface area contributed by atoms with Crippen molar-refractivity contribution >= 4 is 34.8 Å². The van der Waals surface area contributed by atoms with Gasteiger partial charge in [-0.25, -0.2) is 4.39 Å². The fourth-order valence-corrected chi connectivity index (χ4v) is 2.73. The van der Waals surface area contributed by atoms with Crippen molar-refractivity contribution in [3.63, 3.8) is 0 Å². The average molecular weight is 363 g/mol. The number of carbonyl (C=O) groups is 2. The summed E-state index contributed by atoms with van der Waals surface area (Å²) >= 11 is 5.66. The molecule has 0 unspecified atom stereocenters. The highest BCUT2D eigenvalue weighted by Gasteiger charge is 2.21. The molecule has 0 radical (unpaired) electrons. The van der Waals surface area contributed by atoms with Crippen LogP contribution in [0.4, 0.5) is 15.8 Å². The molecule has 130 valence electrons. The van der Waals surface area contributed by atoms with E-state index in [9.17, 15) is 14.0 Å². The van der Waals surface area contributed by atoms with Crippen LogP contribution < -0.4 is 15.0 Å². The summed E-state index contributed by atoms with van der Waals surface area (Å²) in [6, 6.07) is 10.9. The van der Waals surface area contributed by atoms with Crippen LogP contribution in [0.15, 0.2) is 42.5 Å². The van der Waals surface area contributed by atoms with E-state index in [1.807, 2.05) is 0 Å². The van der Waals surface area contributed by atoms with E-state index in [-0.39, 0.29) is 23.2 Å². The molecule has 2 amide bonds. The Morgan fingerprint density at radius 1 is 1.24 bits per heavy atom. The van der Waals surface area contributed by atoms with E-state index in [2.05, 4.69) is 5.32 Å². The molecule has 3 rings (SSSR count). The minimum Gasteiger partial charge on any atom is -0.484 e. The number of nitrogens with one attached hydrogen (secondary N) is 1. The van der Waals surface area contributed by atoms with Crippen molar-refractivity contribution in [3.8, 4) is 5.75 Å². The van der Waals surface area contributed by atoms with Gasteiger partial charge in [0.1, 0.15) is 11.6 Å². The zero-order valence-corrected chi connectivity index (χ0v) is 14.1. The quantitative estimate of drug-likeness (QED) is 0.883. The number of anilines is 2. The topological polar surface area (TPSA) is 58.6 Å². The van der Waals surface area contributed by atoms with Crippen LogP contribution in [0.1, 0.15) is 12.8 Å². The average Bonchev–Trinajstić information content (AvgIpc) is 3.02. The van der Waals surface area contributed by atoms with E-state index in [0.717, 1.165) is 18.2 Å². The lowest BCUT2D eigenvalue weighted by atomic mass is 10.3. The first kappa shape index (κ1) is 17.2. The molecule has 7 heteroatoms. The van der Waals surface area contributed by atoms with Gasteiger partial charge in [0.15, 0.2) is 6.61 Å². The third kappa shape index (κ3) is 4.28. The van der Waals surface area contributed by atoms with Crippen LogP contribution in [0.3, 0.4) is 0 Å². The van der Waals surface area contributed by atoms with Gasteiger partial charge >= 0.3 is 0 Å². The maximum Gasteiger partial charge on any atom is 0.262 e. The summed E-state index contributed by atoms with van der Waals surface area (Å²) in [6.45, 7) is 0.457. The molecule has 25 heavy (non-hydrogen) atoms. The number of halogens is 2. The highest BCUT2D eigenvalue weighted by atomic mass is 35.5. The van der Waals surface area contributed by atoms with Gasteiger partial charge in [-0.05, 0) is 48.9 Å². The first-order chi connectivity index (χ1) is 12.0. The van der Waals surface area contributed by atoms with E-state index in [1.165, 1.54) is 12.1 Å². The van der Waals surface area contributed by atoms with E-state index in [0.29, 0.717) is 18.7 Å². The Kier molecular flexibility index (Phi) is 5.19. The second kappa shape index (κ2) is 7.53. The molecule has 0 saturated carbocycles. The van der Waals surface area contributed by atoms with Crippen molar-refractivity contribution in [2.75, 3.05) is 23.4 Å². The molecular formula is C18H16ClFN2O3. The Labute approximate surface area is 149 Å². The predicted octanol–water partition coefficient (Wildman–Crippen LogP) is 3.62. The molecule has 1 heterocycles. The van der Waals surface area contributed by atoms with E-state index in [1.54, 1.807) is 29.2 Å². The largest absolute Gasteiger partial charge is 0.484 e. The van der Waals surface area contributed by atoms with Gasteiger partial charge in [0, 0.05) is 23.7 Å². The normalized spacial score (nSPS) is 13.8. The number of hydrogen-bond donors (Lipinski definition) is 1. The Morgan fingerprint density at radius 2 is 2.00 bits per heavy atom. The zero-order chi connectivity index (χ0) is 17.8. The molecule has 1 saturated heterocycles. The lowest BCUT2D eigenvalue weighted by Crippen LogP contribution is -2.23. The first-order valence-corrected chi connectivity index (χ1v) is 8.19. The Bertz CT molecular complexity index is 795. The van der Waals surface area contributed by atoms with Gasteiger partial charge < -0.3 is 15.0 Å². The van der Waals surface area contributed by atoms with E-state index >= 15 is 0 Å². The first-order valence-electron chi connectivity index (χ1n) is 7.81. The minimum atomic E-state index is -0.611. The summed E-state index contributed by atoms with van der Waals surface area (Å²) in [5.41, 5.74) is 0.850. The molecule has 0 aliphatic carbocycles. The van der Waals surface area contributed by atoms with Crippen molar-refractivity contribution in [2.45, 2.75) is 12.8 Å². The highest BCUT2D eigenvalue weighted by Crippen LogP contribution is 2.24. The molecule has 2 aromatic carbocycles. The lowest BCUT2D eigenvalue weighted by Gasteiger charge is -2.16.